The summed E-state index contributed by atoms with van der Waals surface area (Å²) in [6.07, 6.45) is 0.218. The van der Waals surface area contributed by atoms with E-state index in [0.717, 1.165) is 19.2 Å². The molecule has 3 heterocycles. The van der Waals surface area contributed by atoms with Gasteiger partial charge in [0.1, 0.15) is 23.0 Å². The molecular weight excluding hydrogens is 465 g/mol. The molecule has 4 amide bonds. The Bertz CT molecular complexity index is 1070. The number of carbonyl (C=O) groups excluding carboxylic acids is 3. The summed E-state index contributed by atoms with van der Waals surface area (Å²) >= 11 is 6.63. The standard InChI is InChI=1S/C23H29ClFN5O4/c1-23(2,3)34-22(33)27-30(14-5-6-14)20(31)15-7-16(25)19(17(24)18(15)26-21(30)32)29-10-12-8-28(4)9-13(12)11-29/h7,12-14H,5-6,8-11H2,1-4H3,(H-,26,27,31,32,33)/p+1. The number of imide groups is 1. The van der Waals surface area contributed by atoms with E-state index < -0.39 is 40.1 Å². The quantitative estimate of drug-likeness (QED) is 0.624. The van der Waals surface area contributed by atoms with E-state index in [-0.39, 0.29) is 22.0 Å². The fourth-order valence-electron chi connectivity index (χ4n) is 5.51. The van der Waals surface area contributed by atoms with Crippen molar-refractivity contribution in [3.05, 3.63) is 22.5 Å². The molecule has 1 aromatic rings. The number of benzene rings is 1. The molecule has 5 rings (SSSR count). The lowest BCUT2D eigenvalue weighted by Gasteiger charge is -2.36. The molecule has 4 aliphatic rings. The number of hydrogen-bond acceptors (Lipinski definition) is 6. The highest BCUT2D eigenvalue weighted by Crippen LogP contribution is 2.46. The van der Waals surface area contributed by atoms with E-state index >= 15 is 4.39 Å². The normalized spacial score (nSPS) is 29.1. The largest absolute Gasteiger partial charge is 0.454 e. The van der Waals surface area contributed by atoms with Crippen molar-refractivity contribution >= 4 is 41.0 Å². The van der Waals surface area contributed by atoms with Crippen molar-refractivity contribution < 1.29 is 28.1 Å². The first-order valence-corrected chi connectivity index (χ1v) is 12.0. The number of rotatable bonds is 3. The number of amides is 4. The number of ether oxygens (including phenoxy) is 1. The maximum Gasteiger partial charge on any atom is 0.454 e. The number of anilines is 2. The molecule has 34 heavy (non-hydrogen) atoms. The van der Waals surface area contributed by atoms with E-state index in [4.69, 9.17) is 16.3 Å². The molecule has 11 heteroatoms. The zero-order valence-electron chi connectivity index (χ0n) is 19.8. The minimum Gasteiger partial charge on any atom is -0.441 e. The lowest BCUT2D eigenvalue weighted by Crippen LogP contribution is -2.71. The average Bonchev–Trinajstić information content (AvgIpc) is 3.41. The molecule has 1 saturated carbocycles. The fourth-order valence-corrected chi connectivity index (χ4v) is 5.87. The molecule has 2 N–H and O–H groups in total. The zero-order chi connectivity index (χ0) is 24.6. The van der Waals surface area contributed by atoms with E-state index in [1.165, 1.54) is 0 Å². The predicted molar refractivity (Wildman–Crippen MR) is 124 cm³/mol. The van der Waals surface area contributed by atoms with Gasteiger partial charge in [-0.3, -0.25) is 5.32 Å². The number of urea groups is 1. The Labute approximate surface area is 202 Å². The third-order valence-corrected chi connectivity index (χ3v) is 7.41. The number of hydrogen-bond donors (Lipinski definition) is 2. The Balaban J connectivity index is 1.49. The second-order valence-electron chi connectivity index (χ2n) is 10.9. The SMILES string of the molecule is CN1CC2CN(c3c(F)cc4c(c3Cl)NC(=O)[N+](NC(=O)OC(C)(C)C)(C3CC3)C4=O)CC2C1. The van der Waals surface area contributed by atoms with Gasteiger partial charge in [0.15, 0.2) is 0 Å². The summed E-state index contributed by atoms with van der Waals surface area (Å²) in [5.41, 5.74) is 1.87. The van der Waals surface area contributed by atoms with Crippen LogP contribution in [0.5, 0.6) is 0 Å². The van der Waals surface area contributed by atoms with Crippen molar-refractivity contribution in [2.24, 2.45) is 11.8 Å². The van der Waals surface area contributed by atoms with Gasteiger partial charge in [-0.05, 0) is 45.7 Å². The summed E-state index contributed by atoms with van der Waals surface area (Å²) in [5.74, 6) is -0.498. The van der Waals surface area contributed by atoms with Crippen LogP contribution < -0.4 is 15.6 Å². The Kier molecular flexibility index (Phi) is 5.34. The van der Waals surface area contributed by atoms with Gasteiger partial charge in [0.05, 0.1) is 16.4 Å². The molecule has 0 radical (unpaired) electrons. The molecule has 0 bridgehead atoms. The molecule has 3 unspecified atom stereocenters. The van der Waals surface area contributed by atoms with Gasteiger partial charge in [0.2, 0.25) is 0 Å². The summed E-state index contributed by atoms with van der Waals surface area (Å²) in [6.45, 7) is 8.26. The minimum atomic E-state index is -0.989. The molecule has 3 aliphatic heterocycles. The zero-order valence-corrected chi connectivity index (χ0v) is 20.5. The summed E-state index contributed by atoms with van der Waals surface area (Å²) in [4.78, 5) is 43.7. The lowest BCUT2D eigenvalue weighted by molar-refractivity contribution is -0.815. The van der Waals surface area contributed by atoms with E-state index in [2.05, 4.69) is 22.7 Å². The molecule has 3 atom stereocenters. The molecule has 0 aromatic heterocycles. The first-order chi connectivity index (χ1) is 15.9. The summed E-state index contributed by atoms with van der Waals surface area (Å²) < 4.78 is 19.8. The van der Waals surface area contributed by atoms with Crippen LogP contribution in [0, 0.1) is 17.7 Å². The van der Waals surface area contributed by atoms with Crippen molar-refractivity contribution in [1.82, 2.24) is 10.3 Å². The van der Waals surface area contributed by atoms with Gasteiger partial charge >= 0.3 is 18.0 Å². The van der Waals surface area contributed by atoms with Crippen LogP contribution in [0.3, 0.4) is 0 Å². The van der Waals surface area contributed by atoms with E-state index in [1.54, 1.807) is 20.8 Å². The Morgan fingerprint density at radius 2 is 1.82 bits per heavy atom. The van der Waals surface area contributed by atoms with Crippen LogP contribution in [-0.4, -0.2) is 72.4 Å². The molecule has 9 nitrogen and oxygen atoms in total. The van der Waals surface area contributed by atoms with Crippen LogP contribution in [0.4, 0.5) is 25.4 Å². The molecular formula is C23H30ClFN5O4+. The summed E-state index contributed by atoms with van der Waals surface area (Å²) in [7, 11) is 2.08. The van der Waals surface area contributed by atoms with Gasteiger partial charge in [-0.1, -0.05) is 16.2 Å². The number of quaternary nitrogens is 1. The van der Waals surface area contributed by atoms with E-state index in [9.17, 15) is 14.4 Å². The highest BCUT2D eigenvalue weighted by molar-refractivity contribution is 6.38. The summed E-state index contributed by atoms with van der Waals surface area (Å²) in [5, 5.41) is 2.71. The highest BCUT2D eigenvalue weighted by atomic mass is 35.5. The molecule has 1 aromatic carbocycles. The van der Waals surface area contributed by atoms with Crippen LogP contribution in [0.15, 0.2) is 6.07 Å². The first-order valence-electron chi connectivity index (χ1n) is 11.6. The van der Waals surface area contributed by atoms with Crippen molar-refractivity contribution in [2.75, 3.05) is 43.4 Å². The molecule has 184 valence electrons. The van der Waals surface area contributed by atoms with Crippen molar-refractivity contribution in [3.8, 4) is 0 Å². The third-order valence-electron chi connectivity index (χ3n) is 7.04. The number of nitrogens with zero attached hydrogens (tertiary/aromatic N) is 3. The molecule has 0 spiro atoms. The van der Waals surface area contributed by atoms with E-state index in [1.807, 2.05) is 4.90 Å². The molecule has 2 saturated heterocycles. The second kappa shape index (κ2) is 7.79. The first kappa shape index (κ1) is 23.3. The average molecular weight is 495 g/mol. The van der Waals surface area contributed by atoms with Gasteiger partial charge in [-0.2, -0.15) is 0 Å². The second-order valence-corrected chi connectivity index (χ2v) is 11.3. The predicted octanol–water partition coefficient (Wildman–Crippen LogP) is 3.58. The Morgan fingerprint density at radius 1 is 1.21 bits per heavy atom. The maximum atomic E-state index is 15.4. The fraction of sp³-hybridized carbons (Fsp3) is 0.609. The molecule has 3 fully saturated rings. The third kappa shape index (κ3) is 3.72. The van der Waals surface area contributed by atoms with Gasteiger partial charge in [0, 0.05) is 39.0 Å². The van der Waals surface area contributed by atoms with Crippen LogP contribution >= 0.6 is 11.6 Å². The highest BCUT2D eigenvalue weighted by Gasteiger charge is 2.62. The van der Waals surface area contributed by atoms with Crippen molar-refractivity contribution in [1.29, 1.82) is 0 Å². The number of carbonyl (C=O) groups is 3. The van der Waals surface area contributed by atoms with E-state index in [0.29, 0.717) is 37.8 Å². The number of halogens is 2. The van der Waals surface area contributed by atoms with Gasteiger partial charge in [0.25, 0.3) is 0 Å². The lowest BCUT2D eigenvalue weighted by atomic mass is 10.0. The van der Waals surface area contributed by atoms with Crippen LogP contribution in [0.2, 0.25) is 5.02 Å². The number of likely N-dealkylation sites (tertiary alicyclic amines) is 1. The van der Waals surface area contributed by atoms with Crippen molar-refractivity contribution in [3.63, 3.8) is 0 Å². The monoisotopic (exact) mass is 494 g/mol. The van der Waals surface area contributed by atoms with Gasteiger partial charge in [-0.25, -0.2) is 18.8 Å². The van der Waals surface area contributed by atoms with Gasteiger partial charge in [-0.15, -0.1) is 5.43 Å². The Morgan fingerprint density at radius 3 is 2.38 bits per heavy atom. The van der Waals surface area contributed by atoms with Gasteiger partial charge < -0.3 is 14.5 Å². The molecule has 1 aliphatic carbocycles. The van der Waals surface area contributed by atoms with Crippen LogP contribution in [0.1, 0.15) is 44.0 Å². The van der Waals surface area contributed by atoms with Crippen LogP contribution in [-0.2, 0) is 4.74 Å². The topological polar surface area (TPSA) is 91.0 Å². The smallest absolute Gasteiger partial charge is 0.441 e. The summed E-state index contributed by atoms with van der Waals surface area (Å²) in [6, 6.07) is -0.0557. The minimum absolute atomic E-state index is 0.0101. The Hall–Kier alpha value is -2.43. The number of fused-ring (bicyclic) bond motifs is 2. The van der Waals surface area contributed by atoms with Crippen molar-refractivity contribution in [2.45, 2.75) is 45.3 Å². The maximum absolute atomic E-state index is 15.4. The van der Waals surface area contributed by atoms with Crippen LogP contribution in [0.25, 0.3) is 0 Å². The number of nitrogens with one attached hydrogen (secondary N) is 2.